The van der Waals surface area contributed by atoms with E-state index in [0.29, 0.717) is 36.0 Å². The van der Waals surface area contributed by atoms with Crippen molar-refractivity contribution in [1.82, 2.24) is 19.9 Å². The molecule has 1 N–H and O–H groups in total. The number of amides is 1. The minimum atomic E-state index is -0.305. The van der Waals surface area contributed by atoms with Crippen molar-refractivity contribution in [2.45, 2.75) is 6.42 Å². The van der Waals surface area contributed by atoms with Crippen molar-refractivity contribution >= 4 is 28.3 Å². The predicted octanol–water partition coefficient (Wildman–Crippen LogP) is 3.99. The number of hydrogen-bond donors (Lipinski definition) is 1. The van der Waals surface area contributed by atoms with Gasteiger partial charge in [-0.2, -0.15) is 4.98 Å². The van der Waals surface area contributed by atoms with Crippen molar-refractivity contribution in [3.8, 4) is 28.6 Å². The van der Waals surface area contributed by atoms with Crippen molar-refractivity contribution in [3.05, 3.63) is 64.9 Å². The number of halogens is 1. The third-order valence-electron chi connectivity index (χ3n) is 5.05. The summed E-state index contributed by atoms with van der Waals surface area (Å²) in [6, 6.07) is 9.58. The average Bonchev–Trinajstić information content (AvgIpc) is 3.44. The third-order valence-corrected chi connectivity index (χ3v) is 5.91. The summed E-state index contributed by atoms with van der Waals surface area (Å²) in [6.45, 7) is 0.427. The predicted molar refractivity (Wildman–Crippen MR) is 128 cm³/mol. The summed E-state index contributed by atoms with van der Waals surface area (Å²) >= 11 is 1.46. The number of ether oxygens (including phenoxy) is 3. The molecule has 4 rings (SSSR count). The van der Waals surface area contributed by atoms with Crippen molar-refractivity contribution in [1.29, 1.82) is 0 Å². The molecular weight excluding hydrogens is 459 g/mol. The minimum Gasteiger partial charge on any atom is -0.493 e. The van der Waals surface area contributed by atoms with Crippen LogP contribution in [0.5, 0.6) is 17.2 Å². The van der Waals surface area contributed by atoms with E-state index in [4.69, 9.17) is 14.2 Å². The first-order valence-corrected chi connectivity index (χ1v) is 11.3. The van der Waals surface area contributed by atoms with Crippen LogP contribution in [0.3, 0.4) is 0 Å². The van der Waals surface area contributed by atoms with Gasteiger partial charge in [-0.1, -0.05) is 0 Å². The zero-order valence-electron chi connectivity index (χ0n) is 18.9. The molecule has 0 spiro atoms. The Kier molecular flexibility index (Phi) is 7.07. The molecule has 1 amide bonds. The van der Waals surface area contributed by atoms with Gasteiger partial charge in [0.15, 0.2) is 17.3 Å². The second-order valence-corrected chi connectivity index (χ2v) is 8.03. The van der Waals surface area contributed by atoms with Crippen molar-refractivity contribution in [2.75, 3.05) is 27.9 Å². The van der Waals surface area contributed by atoms with Crippen molar-refractivity contribution < 1.29 is 23.4 Å². The normalized spacial score (nSPS) is 11.2. The van der Waals surface area contributed by atoms with Crippen LogP contribution >= 0.6 is 11.3 Å². The first kappa shape index (κ1) is 23.2. The Morgan fingerprint density at radius 1 is 1.12 bits per heavy atom. The lowest BCUT2D eigenvalue weighted by Gasteiger charge is -2.12. The number of benzene rings is 2. The van der Waals surface area contributed by atoms with Gasteiger partial charge in [0.1, 0.15) is 5.82 Å². The summed E-state index contributed by atoms with van der Waals surface area (Å²) in [6.07, 6.45) is 3.71. The molecular formula is C24H23FN4O4S. The van der Waals surface area contributed by atoms with Crippen molar-refractivity contribution in [3.63, 3.8) is 0 Å². The zero-order valence-corrected chi connectivity index (χ0v) is 19.7. The minimum absolute atomic E-state index is 0.231. The Morgan fingerprint density at radius 2 is 1.82 bits per heavy atom. The molecule has 0 saturated heterocycles. The Balaban J connectivity index is 1.38. The highest BCUT2D eigenvalue weighted by Crippen LogP contribution is 2.38. The summed E-state index contributed by atoms with van der Waals surface area (Å²) in [7, 11) is 4.61. The second-order valence-electron chi connectivity index (χ2n) is 7.20. The van der Waals surface area contributed by atoms with Crippen LogP contribution in [-0.4, -0.2) is 48.4 Å². The van der Waals surface area contributed by atoms with Gasteiger partial charge in [0.2, 0.25) is 16.6 Å². The van der Waals surface area contributed by atoms with E-state index in [0.717, 1.165) is 21.8 Å². The fourth-order valence-corrected chi connectivity index (χ4v) is 4.22. The van der Waals surface area contributed by atoms with Gasteiger partial charge >= 0.3 is 0 Å². The van der Waals surface area contributed by atoms with E-state index in [1.165, 1.54) is 50.9 Å². The Labute approximate surface area is 199 Å². The standard InChI is InChI=1S/C24H23FN4O4S/c1-31-19-12-15(13-20(32-2)22(19)33-3)4-9-21(30)26-11-10-18-14-34-24-27-23(28-29(18)24)16-5-7-17(25)8-6-16/h4-9,12-14H,10-11H2,1-3H3,(H,26,30). The number of rotatable bonds is 9. The van der Waals surface area contributed by atoms with Gasteiger partial charge < -0.3 is 19.5 Å². The Morgan fingerprint density at radius 3 is 2.47 bits per heavy atom. The molecule has 0 unspecified atom stereocenters. The van der Waals surface area contributed by atoms with E-state index in [-0.39, 0.29) is 11.7 Å². The molecule has 34 heavy (non-hydrogen) atoms. The van der Waals surface area contributed by atoms with E-state index < -0.39 is 0 Å². The molecule has 8 nitrogen and oxygen atoms in total. The fraction of sp³-hybridized carbons (Fsp3) is 0.208. The molecule has 2 aromatic heterocycles. The highest BCUT2D eigenvalue weighted by Gasteiger charge is 2.13. The summed E-state index contributed by atoms with van der Waals surface area (Å²) in [5.74, 6) is 1.51. The maximum absolute atomic E-state index is 13.2. The fourth-order valence-electron chi connectivity index (χ4n) is 3.36. The zero-order chi connectivity index (χ0) is 24.1. The molecule has 176 valence electrons. The Hall–Kier alpha value is -3.92. The van der Waals surface area contributed by atoms with Gasteiger partial charge in [0, 0.05) is 30.0 Å². The van der Waals surface area contributed by atoms with Gasteiger partial charge in [0.05, 0.1) is 27.0 Å². The summed E-state index contributed by atoms with van der Waals surface area (Å²) in [5, 5.41) is 9.35. The molecule has 4 aromatic rings. The number of hydrogen-bond acceptors (Lipinski definition) is 7. The number of aromatic nitrogens is 3. The van der Waals surface area contributed by atoms with E-state index >= 15 is 0 Å². The number of carbonyl (C=O) groups excluding carboxylic acids is 1. The van der Waals surface area contributed by atoms with Crippen LogP contribution in [-0.2, 0) is 11.2 Å². The van der Waals surface area contributed by atoms with Gasteiger partial charge in [0.25, 0.3) is 0 Å². The maximum Gasteiger partial charge on any atom is 0.244 e. The van der Waals surface area contributed by atoms with E-state index in [1.54, 1.807) is 34.9 Å². The van der Waals surface area contributed by atoms with Crippen molar-refractivity contribution in [2.24, 2.45) is 0 Å². The number of fused-ring (bicyclic) bond motifs is 1. The lowest BCUT2D eigenvalue weighted by molar-refractivity contribution is -0.116. The van der Waals surface area contributed by atoms with E-state index in [2.05, 4.69) is 15.4 Å². The van der Waals surface area contributed by atoms with E-state index in [1.807, 2.05) is 5.38 Å². The molecule has 0 atom stereocenters. The molecule has 2 aromatic carbocycles. The molecule has 0 fully saturated rings. The average molecular weight is 483 g/mol. The topological polar surface area (TPSA) is 87.0 Å². The molecule has 0 bridgehead atoms. The number of carbonyl (C=O) groups is 1. The number of thiazole rings is 1. The molecule has 0 aliphatic rings. The quantitative estimate of drug-likeness (QED) is 0.363. The summed E-state index contributed by atoms with van der Waals surface area (Å²) in [4.78, 5) is 17.5. The molecule has 0 saturated carbocycles. The second kappa shape index (κ2) is 10.3. The SMILES string of the molecule is COc1cc(C=CC(=O)NCCc2csc3nc(-c4ccc(F)cc4)nn23)cc(OC)c1OC. The highest BCUT2D eigenvalue weighted by atomic mass is 32.1. The van der Waals surface area contributed by atoms with Gasteiger partial charge in [-0.05, 0) is 48.0 Å². The summed E-state index contributed by atoms with van der Waals surface area (Å²) in [5.41, 5.74) is 2.41. The number of nitrogens with one attached hydrogen (secondary N) is 1. The monoisotopic (exact) mass is 482 g/mol. The smallest absolute Gasteiger partial charge is 0.244 e. The first-order valence-electron chi connectivity index (χ1n) is 10.4. The molecule has 2 heterocycles. The molecule has 10 heteroatoms. The first-order chi connectivity index (χ1) is 16.5. The molecule has 0 aliphatic heterocycles. The van der Waals surface area contributed by atoms with Crippen LogP contribution in [0, 0.1) is 5.82 Å². The van der Waals surface area contributed by atoms with Crippen LogP contribution in [0.2, 0.25) is 0 Å². The third kappa shape index (κ3) is 5.01. The van der Waals surface area contributed by atoms with Gasteiger partial charge in [-0.15, -0.1) is 16.4 Å². The van der Waals surface area contributed by atoms with Crippen LogP contribution in [0.1, 0.15) is 11.3 Å². The molecule has 0 aliphatic carbocycles. The van der Waals surface area contributed by atoms with Crippen LogP contribution < -0.4 is 19.5 Å². The van der Waals surface area contributed by atoms with E-state index in [9.17, 15) is 9.18 Å². The highest BCUT2D eigenvalue weighted by molar-refractivity contribution is 7.15. The van der Waals surface area contributed by atoms with Crippen LogP contribution in [0.15, 0.2) is 47.9 Å². The summed E-state index contributed by atoms with van der Waals surface area (Å²) < 4.78 is 30.9. The molecule has 0 radical (unpaired) electrons. The van der Waals surface area contributed by atoms with Gasteiger partial charge in [-0.25, -0.2) is 8.91 Å². The van der Waals surface area contributed by atoms with Crippen LogP contribution in [0.25, 0.3) is 22.4 Å². The largest absolute Gasteiger partial charge is 0.493 e. The lowest BCUT2D eigenvalue weighted by atomic mass is 10.1. The van der Waals surface area contributed by atoms with Gasteiger partial charge in [-0.3, -0.25) is 4.79 Å². The number of nitrogens with zero attached hydrogens (tertiary/aromatic N) is 3. The number of methoxy groups -OCH3 is 3. The van der Waals surface area contributed by atoms with Crippen LogP contribution in [0.4, 0.5) is 4.39 Å². The Bertz CT molecular complexity index is 1310. The maximum atomic E-state index is 13.2. The lowest BCUT2D eigenvalue weighted by Crippen LogP contribution is -2.23.